The minimum atomic E-state index is -0.208. The van der Waals surface area contributed by atoms with Crippen LogP contribution in [-0.4, -0.2) is 44.8 Å². The zero-order valence-corrected chi connectivity index (χ0v) is 16.0. The number of aromatic nitrogens is 4. The molecule has 0 spiro atoms. The number of anilines is 2. The molecular weight excluding hydrogens is 398 g/mol. The molecular formula is C17H20BrN7O. The molecule has 4 heterocycles. The van der Waals surface area contributed by atoms with E-state index in [0.717, 1.165) is 47.1 Å². The van der Waals surface area contributed by atoms with E-state index in [9.17, 15) is 4.79 Å². The third kappa shape index (κ3) is 3.08. The summed E-state index contributed by atoms with van der Waals surface area (Å²) in [4.78, 5) is 22.4. The Kier molecular flexibility index (Phi) is 4.41. The number of piperidine rings is 1. The maximum absolute atomic E-state index is 12.5. The van der Waals surface area contributed by atoms with Gasteiger partial charge in [0, 0.05) is 44.8 Å². The first-order valence-electron chi connectivity index (χ1n) is 8.49. The Labute approximate surface area is 158 Å². The van der Waals surface area contributed by atoms with E-state index in [-0.39, 0.29) is 11.9 Å². The summed E-state index contributed by atoms with van der Waals surface area (Å²) in [7, 11) is 1.78. The fourth-order valence-corrected chi connectivity index (χ4v) is 3.96. The highest BCUT2D eigenvalue weighted by Gasteiger charge is 2.24. The zero-order chi connectivity index (χ0) is 18.3. The van der Waals surface area contributed by atoms with Crippen LogP contribution in [0.5, 0.6) is 0 Å². The highest BCUT2D eigenvalue weighted by Crippen LogP contribution is 2.38. The summed E-state index contributed by atoms with van der Waals surface area (Å²) < 4.78 is 2.48. The van der Waals surface area contributed by atoms with E-state index in [1.165, 1.54) is 0 Å². The second-order valence-corrected chi connectivity index (χ2v) is 7.44. The van der Waals surface area contributed by atoms with Gasteiger partial charge in [-0.15, -0.1) is 0 Å². The van der Waals surface area contributed by atoms with E-state index in [1.54, 1.807) is 36.5 Å². The molecule has 1 unspecified atom stereocenters. The van der Waals surface area contributed by atoms with Crippen LogP contribution in [0.3, 0.4) is 0 Å². The molecule has 0 aromatic carbocycles. The number of carbonyl (C=O) groups excluding carboxylic acids is 1. The molecule has 0 radical (unpaired) electrons. The van der Waals surface area contributed by atoms with Gasteiger partial charge in [-0.2, -0.15) is 5.10 Å². The van der Waals surface area contributed by atoms with E-state index in [4.69, 9.17) is 5.73 Å². The minimum Gasteiger partial charge on any atom is -0.368 e. The quantitative estimate of drug-likeness (QED) is 0.605. The Morgan fingerprint density at radius 3 is 3.04 bits per heavy atom. The summed E-state index contributed by atoms with van der Waals surface area (Å²) in [6.45, 7) is 1.70. The summed E-state index contributed by atoms with van der Waals surface area (Å²) in [5.41, 5.74) is 9.10. The highest BCUT2D eigenvalue weighted by molar-refractivity contribution is 9.10. The topological polar surface area (TPSA) is 105 Å². The van der Waals surface area contributed by atoms with Gasteiger partial charge in [0.1, 0.15) is 5.65 Å². The van der Waals surface area contributed by atoms with Crippen LogP contribution in [-0.2, 0) is 7.05 Å². The SMILES string of the molecule is Cn1cc(C(=O)Nc2c[nH]c3ncc(Br)c(N4CCCC(N)C4)c23)cn1. The summed E-state index contributed by atoms with van der Waals surface area (Å²) in [6, 6.07) is 0.145. The largest absolute Gasteiger partial charge is 0.368 e. The lowest BCUT2D eigenvalue weighted by Gasteiger charge is -2.33. The van der Waals surface area contributed by atoms with Gasteiger partial charge < -0.3 is 20.9 Å². The number of aryl methyl sites for hydroxylation is 1. The molecule has 1 amide bonds. The molecule has 4 rings (SSSR count). The number of nitrogens with zero attached hydrogens (tertiary/aromatic N) is 4. The summed E-state index contributed by atoms with van der Waals surface area (Å²) >= 11 is 3.62. The van der Waals surface area contributed by atoms with Crippen molar-refractivity contribution in [2.24, 2.45) is 12.8 Å². The Morgan fingerprint density at radius 2 is 2.31 bits per heavy atom. The third-order valence-corrected chi connectivity index (χ3v) is 5.20. The molecule has 0 bridgehead atoms. The Hall–Kier alpha value is -2.39. The van der Waals surface area contributed by atoms with Crippen LogP contribution in [0.1, 0.15) is 23.2 Å². The average molecular weight is 418 g/mol. The second-order valence-electron chi connectivity index (χ2n) is 6.59. The first-order valence-corrected chi connectivity index (χ1v) is 9.28. The predicted molar refractivity (Wildman–Crippen MR) is 104 cm³/mol. The van der Waals surface area contributed by atoms with Crippen molar-refractivity contribution in [3.63, 3.8) is 0 Å². The van der Waals surface area contributed by atoms with E-state index in [0.29, 0.717) is 11.3 Å². The van der Waals surface area contributed by atoms with Crippen molar-refractivity contribution in [3.05, 3.63) is 34.8 Å². The number of fused-ring (bicyclic) bond motifs is 1. The number of hydrogen-bond donors (Lipinski definition) is 3. The number of nitrogens with one attached hydrogen (secondary N) is 2. The van der Waals surface area contributed by atoms with E-state index in [1.807, 2.05) is 0 Å². The molecule has 1 fully saturated rings. The molecule has 136 valence electrons. The standard InChI is InChI=1S/C17H20BrN7O/c1-24-8-10(5-22-24)17(26)23-13-7-21-16-14(13)15(12(18)6-20-16)25-4-2-3-11(19)9-25/h5-8,11H,2-4,9,19H2,1H3,(H,20,21)(H,23,26). The number of rotatable bonds is 3. The Bertz CT molecular complexity index is 963. The Morgan fingerprint density at radius 1 is 1.46 bits per heavy atom. The summed E-state index contributed by atoms with van der Waals surface area (Å²) in [6.07, 6.45) is 8.85. The zero-order valence-electron chi connectivity index (χ0n) is 14.4. The Balaban J connectivity index is 1.74. The number of aromatic amines is 1. The number of pyridine rings is 1. The van der Waals surface area contributed by atoms with Gasteiger partial charge in [0.2, 0.25) is 0 Å². The van der Waals surface area contributed by atoms with Crippen molar-refractivity contribution in [3.8, 4) is 0 Å². The van der Waals surface area contributed by atoms with Gasteiger partial charge in [0.25, 0.3) is 5.91 Å². The van der Waals surface area contributed by atoms with E-state index in [2.05, 4.69) is 41.2 Å². The molecule has 1 aliphatic heterocycles. The molecule has 0 saturated carbocycles. The molecule has 1 saturated heterocycles. The maximum Gasteiger partial charge on any atom is 0.258 e. The van der Waals surface area contributed by atoms with Crippen LogP contribution in [0, 0.1) is 0 Å². The highest BCUT2D eigenvalue weighted by atomic mass is 79.9. The number of amides is 1. The van der Waals surface area contributed by atoms with Crippen molar-refractivity contribution in [1.29, 1.82) is 0 Å². The predicted octanol–water partition coefficient (Wildman–Crippen LogP) is 2.24. The molecule has 1 aliphatic rings. The van der Waals surface area contributed by atoms with Gasteiger partial charge in [-0.05, 0) is 28.8 Å². The molecule has 3 aromatic rings. The van der Waals surface area contributed by atoms with E-state index >= 15 is 0 Å². The van der Waals surface area contributed by atoms with Crippen LogP contribution >= 0.6 is 15.9 Å². The molecule has 1 atom stereocenters. The summed E-state index contributed by atoms with van der Waals surface area (Å²) in [5, 5.41) is 7.90. The normalized spacial score (nSPS) is 17.7. The number of nitrogens with two attached hydrogens (primary N) is 1. The molecule has 0 aliphatic carbocycles. The monoisotopic (exact) mass is 417 g/mol. The van der Waals surface area contributed by atoms with Crippen LogP contribution in [0.2, 0.25) is 0 Å². The minimum absolute atomic E-state index is 0.145. The van der Waals surface area contributed by atoms with Crippen molar-refractivity contribution in [2.45, 2.75) is 18.9 Å². The molecule has 4 N–H and O–H groups in total. The number of H-pyrrole nitrogens is 1. The van der Waals surface area contributed by atoms with Gasteiger partial charge in [-0.3, -0.25) is 9.48 Å². The lowest BCUT2D eigenvalue weighted by molar-refractivity contribution is 0.102. The van der Waals surface area contributed by atoms with Gasteiger partial charge >= 0.3 is 0 Å². The van der Waals surface area contributed by atoms with Gasteiger partial charge in [-0.1, -0.05) is 0 Å². The molecule has 9 heteroatoms. The molecule has 26 heavy (non-hydrogen) atoms. The third-order valence-electron chi connectivity index (χ3n) is 4.62. The van der Waals surface area contributed by atoms with Crippen LogP contribution < -0.4 is 16.0 Å². The maximum atomic E-state index is 12.5. The van der Waals surface area contributed by atoms with Crippen molar-refractivity contribution in [1.82, 2.24) is 19.7 Å². The number of halogens is 1. The van der Waals surface area contributed by atoms with Crippen molar-refractivity contribution >= 4 is 44.2 Å². The van der Waals surface area contributed by atoms with Crippen molar-refractivity contribution in [2.75, 3.05) is 23.3 Å². The van der Waals surface area contributed by atoms with Crippen molar-refractivity contribution < 1.29 is 4.79 Å². The fourth-order valence-electron chi connectivity index (χ4n) is 3.41. The summed E-state index contributed by atoms with van der Waals surface area (Å²) in [5.74, 6) is -0.208. The van der Waals surface area contributed by atoms with Gasteiger partial charge in [-0.25, -0.2) is 4.98 Å². The lowest BCUT2D eigenvalue weighted by atomic mass is 10.1. The lowest BCUT2D eigenvalue weighted by Crippen LogP contribution is -2.43. The van der Waals surface area contributed by atoms with Gasteiger partial charge in [0.05, 0.1) is 33.0 Å². The first-order chi connectivity index (χ1) is 12.5. The number of hydrogen-bond acceptors (Lipinski definition) is 5. The van der Waals surface area contributed by atoms with Crippen LogP contribution in [0.4, 0.5) is 11.4 Å². The number of carbonyl (C=O) groups is 1. The molecule has 3 aromatic heterocycles. The molecule has 8 nitrogen and oxygen atoms in total. The van der Waals surface area contributed by atoms with E-state index < -0.39 is 0 Å². The van der Waals surface area contributed by atoms with Gasteiger partial charge in [0.15, 0.2) is 0 Å². The van der Waals surface area contributed by atoms with Crippen LogP contribution in [0.15, 0.2) is 29.3 Å². The van der Waals surface area contributed by atoms with Crippen LogP contribution in [0.25, 0.3) is 11.0 Å². The fraction of sp³-hybridized carbons (Fsp3) is 0.353. The average Bonchev–Trinajstić information content (AvgIpc) is 3.22. The first kappa shape index (κ1) is 17.0. The second kappa shape index (κ2) is 6.73. The smallest absolute Gasteiger partial charge is 0.258 e.